The average Bonchev–Trinajstić information content (AvgIpc) is 3.34. The molecule has 0 unspecified atom stereocenters. The number of carbonyl (C=O) groups excluding carboxylic acids is 2. The van der Waals surface area contributed by atoms with Gasteiger partial charge in [0, 0.05) is 75.7 Å². The van der Waals surface area contributed by atoms with Crippen LogP contribution in [-0.2, 0) is 9.59 Å². The van der Waals surface area contributed by atoms with Crippen LogP contribution >= 0.6 is 0 Å². The Hall–Kier alpha value is -2.78. The second kappa shape index (κ2) is 12.7. The van der Waals surface area contributed by atoms with Crippen LogP contribution in [0.1, 0.15) is 86.5 Å². The SMILES string of the molecule is CCN(CC)c1cc(N2CCN(CC(=O)[C@@]3(O)CC[C@H]4[C@@H]5CCC6=CC(=O)CC[C@]6(C)C5=CC[C@@]43C)CC2)nc(N(CC)CC)n1. The molecule has 6 rings (SSSR count). The van der Waals surface area contributed by atoms with Gasteiger partial charge in [0.1, 0.15) is 17.2 Å². The molecule has 46 heavy (non-hydrogen) atoms. The summed E-state index contributed by atoms with van der Waals surface area (Å²) in [5, 5.41) is 12.3. The van der Waals surface area contributed by atoms with Gasteiger partial charge >= 0.3 is 0 Å². The molecule has 2 saturated carbocycles. The zero-order chi connectivity index (χ0) is 32.9. The highest BCUT2D eigenvalue weighted by molar-refractivity contribution is 5.92. The lowest BCUT2D eigenvalue weighted by atomic mass is 9.50. The molecule has 1 aromatic heterocycles. The molecule has 252 valence electrons. The van der Waals surface area contributed by atoms with Crippen LogP contribution in [0.5, 0.6) is 0 Å². The number of hydrogen-bond acceptors (Lipinski definition) is 9. The number of aliphatic hydroxyl groups is 1. The standard InChI is InChI=1S/C37H56N6O3/c1-7-41(8-2)32-24-33(39-34(38-32)42(9-3)10-4)43-21-19-40(20-22-43)25-31(45)37(46)18-15-30-28-12-11-26-23-27(44)13-16-35(26,5)29(28)14-17-36(30,37)6/h14,23-24,28,30,46H,7-13,15-22,25H2,1-6H3/t28-,30+,35+,36+,37+/m1/s1. The fourth-order valence-corrected chi connectivity index (χ4v) is 9.73. The van der Waals surface area contributed by atoms with E-state index in [1.807, 2.05) is 6.08 Å². The summed E-state index contributed by atoms with van der Waals surface area (Å²) in [6.07, 6.45) is 9.93. The summed E-state index contributed by atoms with van der Waals surface area (Å²) < 4.78 is 0. The number of fused-ring (bicyclic) bond motifs is 5. The van der Waals surface area contributed by atoms with Gasteiger partial charge in [-0.1, -0.05) is 31.1 Å². The molecule has 9 heteroatoms. The lowest BCUT2D eigenvalue weighted by Gasteiger charge is -2.54. The third-order valence-electron chi connectivity index (χ3n) is 12.8. The van der Waals surface area contributed by atoms with Crippen LogP contribution < -0.4 is 14.7 Å². The van der Waals surface area contributed by atoms with Crippen LogP contribution in [0.25, 0.3) is 0 Å². The molecule has 4 aliphatic carbocycles. The van der Waals surface area contributed by atoms with Gasteiger partial charge in [-0.2, -0.15) is 9.97 Å². The van der Waals surface area contributed by atoms with E-state index in [4.69, 9.17) is 9.97 Å². The highest BCUT2D eigenvalue weighted by atomic mass is 16.3. The zero-order valence-electron chi connectivity index (χ0n) is 29.1. The minimum Gasteiger partial charge on any atom is -0.381 e. The fraction of sp³-hybridized carbons (Fsp3) is 0.730. The lowest BCUT2D eigenvalue weighted by Crippen LogP contribution is -2.58. The lowest BCUT2D eigenvalue weighted by molar-refractivity contribution is -0.154. The van der Waals surface area contributed by atoms with Gasteiger partial charge in [0.15, 0.2) is 11.6 Å². The Bertz CT molecular complexity index is 1360. The molecule has 3 fully saturated rings. The van der Waals surface area contributed by atoms with Gasteiger partial charge in [-0.25, -0.2) is 0 Å². The van der Waals surface area contributed by atoms with E-state index in [0.717, 1.165) is 102 Å². The first-order chi connectivity index (χ1) is 22.0. The van der Waals surface area contributed by atoms with Crippen molar-refractivity contribution < 1.29 is 14.7 Å². The van der Waals surface area contributed by atoms with Crippen molar-refractivity contribution in [3.05, 3.63) is 29.4 Å². The van der Waals surface area contributed by atoms with Crippen LogP contribution in [-0.4, -0.2) is 96.0 Å². The number of allylic oxidation sites excluding steroid dienone is 4. The maximum absolute atomic E-state index is 14.1. The van der Waals surface area contributed by atoms with Crippen LogP contribution in [0.3, 0.4) is 0 Å². The molecule has 2 heterocycles. The summed E-state index contributed by atoms with van der Waals surface area (Å²) >= 11 is 0. The number of hydrogen-bond donors (Lipinski definition) is 1. The van der Waals surface area contributed by atoms with Gasteiger partial charge in [0.2, 0.25) is 5.95 Å². The van der Waals surface area contributed by atoms with Gasteiger partial charge in [0.25, 0.3) is 0 Å². The summed E-state index contributed by atoms with van der Waals surface area (Å²) in [5.74, 6) is 3.61. The Morgan fingerprint density at radius 2 is 1.65 bits per heavy atom. The summed E-state index contributed by atoms with van der Waals surface area (Å²) in [6, 6.07) is 2.11. The Morgan fingerprint density at radius 1 is 0.957 bits per heavy atom. The molecule has 9 nitrogen and oxygen atoms in total. The van der Waals surface area contributed by atoms with E-state index in [1.165, 1.54) is 11.1 Å². The topological polar surface area (TPSA) is 93.1 Å². The van der Waals surface area contributed by atoms with Gasteiger partial charge in [-0.05, 0) is 84.1 Å². The van der Waals surface area contributed by atoms with E-state index < -0.39 is 11.0 Å². The van der Waals surface area contributed by atoms with Gasteiger partial charge in [0.05, 0.1) is 6.54 Å². The minimum atomic E-state index is -1.31. The van der Waals surface area contributed by atoms with E-state index in [0.29, 0.717) is 31.2 Å². The van der Waals surface area contributed by atoms with E-state index in [-0.39, 0.29) is 17.0 Å². The highest BCUT2D eigenvalue weighted by Gasteiger charge is 2.64. The van der Waals surface area contributed by atoms with E-state index in [9.17, 15) is 14.7 Å². The van der Waals surface area contributed by atoms with Crippen molar-refractivity contribution in [3.63, 3.8) is 0 Å². The number of carbonyl (C=O) groups is 2. The third kappa shape index (κ3) is 5.39. The van der Waals surface area contributed by atoms with Gasteiger partial charge in [-0.15, -0.1) is 0 Å². The number of aromatic nitrogens is 2. The summed E-state index contributed by atoms with van der Waals surface area (Å²) in [6.45, 7) is 19.9. The smallest absolute Gasteiger partial charge is 0.229 e. The van der Waals surface area contributed by atoms with Crippen molar-refractivity contribution in [1.82, 2.24) is 14.9 Å². The Kier molecular flexibility index (Phi) is 9.13. The average molecular weight is 633 g/mol. The molecule has 0 amide bonds. The molecular formula is C37H56N6O3. The Morgan fingerprint density at radius 3 is 2.33 bits per heavy atom. The number of ketones is 2. The van der Waals surface area contributed by atoms with E-state index in [1.54, 1.807) is 0 Å². The first-order valence-electron chi connectivity index (χ1n) is 18.1. The predicted octanol–water partition coefficient (Wildman–Crippen LogP) is 5.04. The minimum absolute atomic E-state index is 0.0108. The largest absolute Gasteiger partial charge is 0.381 e. The zero-order valence-corrected chi connectivity index (χ0v) is 29.1. The predicted molar refractivity (Wildman–Crippen MR) is 184 cm³/mol. The summed E-state index contributed by atoms with van der Waals surface area (Å²) in [7, 11) is 0. The molecular weight excluding hydrogens is 576 g/mol. The summed E-state index contributed by atoms with van der Waals surface area (Å²) in [5.41, 5.74) is 0.981. The molecule has 0 spiro atoms. The number of anilines is 3. The first kappa shape index (κ1) is 33.1. The third-order valence-corrected chi connectivity index (χ3v) is 12.8. The molecule has 5 aliphatic rings. The van der Waals surface area contributed by atoms with E-state index in [2.05, 4.69) is 73.3 Å². The van der Waals surface area contributed by atoms with Crippen LogP contribution in [0, 0.1) is 22.7 Å². The molecule has 1 N–H and O–H groups in total. The number of nitrogens with zero attached hydrogens (tertiary/aromatic N) is 6. The normalized spacial score (nSPS) is 32.7. The van der Waals surface area contributed by atoms with Crippen molar-refractivity contribution in [3.8, 4) is 0 Å². The molecule has 0 bridgehead atoms. The van der Waals surface area contributed by atoms with Crippen molar-refractivity contribution in [2.75, 3.05) is 73.6 Å². The second-order valence-electron chi connectivity index (χ2n) is 14.8. The fourth-order valence-electron chi connectivity index (χ4n) is 9.73. The van der Waals surface area contributed by atoms with Crippen LogP contribution in [0.15, 0.2) is 29.4 Å². The molecule has 0 aromatic carbocycles. The highest BCUT2D eigenvalue weighted by Crippen LogP contribution is 2.65. The van der Waals surface area contributed by atoms with E-state index >= 15 is 0 Å². The van der Waals surface area contributed by atoms with Crippen molar-refractivity contribution in [2.24, 2.45) is 22.7 Å². The Balaban J connectivity index is 1.14. The molecule has 1 aliphatic heterocycles. The van der Waals surface area contributed by atoms with Crippen LogP contribution in [0.4, 0.5) is 17.6 Å². The molecule has 0 radical (unpaired) electrons. The second-order valence-corrected chi connectivity index (χ2v) is 14.8. The Labute approximate surface area is 276 Å². The molecule has 1 saturated heterocycles. The number of piperazine rings is 1. The first-order valence-corrected chi connectivity index (χ1v) is 18.1. The maximum atomic E-state index is 14.1. The van der Waals surface area contributed by atoms with Gasteiger partial charge in [-0.3, -0.25) is 14.5 Å². The van der Waals surface area contributed by atoms with Crippen molar-refractivity contribution in [2.45, 2.75) is 92.1 Å². The van der Waals surface area contributed by atoms with Gasteiger partial charge < -0.3 is 19.8 Å². The monoisotopic (exact) mass is 632 g/mol. The molecule has 5 atom stereocenters. The molecule has 1 aromatic rings. The quantitative estimate of drug-likeness (QED) is 0.356. The van der Waals surface area contributed by atoms with Crippen LogP contribution in [0.2, 0.25) is 0 Å². The maximum Gasteiger partial charge on any atom is 0.229 e. The van der Waals surface area contributed by atoms with Crippen molar-refractivity contribution in [1.29, 1.82) is 0 Å². The number of Topliss-reactive ketones (excluding diaryl/α,β-unsaturated/α-hetero) is 1. The summed E-state index contributed by atoms with van der Waals surface area (Å²) in [4.78, 5) is 45.2. The van der Waals surface area contributed by atoms with Crippen molar-refractivity contribution >= 4 is 29.2 Å². The number of rotatable bonds is 10.